The molecule has 2 aromatic carbocycles. The van der Waals surface area contributed by atoms with Crippen LogP contribution in [0.4, 0.5) is 0 Å². The Balaban J connectivity index is 0.000000143. The van der Waals surface area contributed by atoms with Crippen molar-refractivity contribution < 1.29 is 34.0 Å². The summed E-state index contributed by atoms with van der Waals surface area (Å²) in [4.78, 5) is 29.7. The molecule has 1 spiro atoms. The average Bonchev–Trinajstić information content (AvgIpc) is 3.47. The van der Waals surface area contributed by atoms with Crippen molar-refractivity contribution in [3.63, 3.8) is 0 Å². The minimum atomic E-state index is -0.900. The van der Waals surface area contributed by atoms with E-state index in [0.717, 1.165) is 43.4 Å². The molecule has 9 heteroatoms. The van der Waals surface area contributed by atoms with E-state index in [2.05, 4.69) is 30.0 Å². The number of carbonyl (C=O) groups excluding carboxylic acids is 2. The van der Waals surface area contributed by atoms with Gasteiger partial charge in [0.25, 0.3) is 0 Å². The topological polar surface area (TPSA) is 109 Å². The van der Waals surface area contributed by atoms with Crippen LogP contribution in [0.2, 0.25) is 0 Å². The van der Waals surface area contributed by atoms with Gasteiger partial charge in [-0.25, -0.2) is 0 Å². The second-order valence-corrected chi connectivity index (χ2v) is 13.7. The van der Waals surface area contributed by atoms with Crippen molar-refractivity contribution in [2.75, 3.05) is 34.4 Å². The lowest BCUT2D eigenvalue weighted by Crippen LogP contribution is -2.76. The molecule has 4 fully saturated rings. The van der Waals surface area contributed by atoms with E-state index in [0.29, 0.717) is 36.4 Å². The Hall–Kier alpha value is -2.98. The molecule has 44 heavy (non-hydrogen) atoms. The standard InChI is InChI=1S/C18H21NO4.C17H23NO3/c1-19-8-7-17-14-10-3-4-12(22-2)15(14)23-16(17)11(20)5-6-18(17,21)13(19)9-10;1-18-13-7-8-14(18)10-15(9-13)21-17(20)16(11-19)12-5-3-2-4-6-12/h3-4,13,16,21H,5-9H2,1-2H3;2-6,13-16,19H,7-11H2,1H3/t13-,16+,17+,18-;13-,14+,15?,16?/m1./s1. The maximum atomic E-state index is 12.7. The fourth-order valence-corrected chi connectivity index (χ4v) is 9.39. The summed E-state index contributed by atoms with van der Waals surface area (Å²) in [5.41, 5.74) is 1.56. The van der Waals surface area contributed by atoms with Gasteiger partial charge in [0.1, 0.15) is 12.0 Å². The number of benzene rings is 2. The van der Waals surface area contributed by atoms with Crippen LogP contribution in [0.5, 0.6) is 11.5 Å². The predicted molar refractivity (Wildman–Crippen MR) is 163 cm³/mol. The number of hydrogen-bond donors (Lipinski definition) is 2. The van der Waals surface area contributed by atoms with Crippen LogP contribution < -0.4 is 9.47 Å². The lowest BCUT2D eigenvalue weighted by Gasteiger charge is -2.62. The van der Waals surface area contributed by atoms with E-state index in [1.54, 1.807) is 7.11 Å². The lowest BCUT2D eigenvalue weighted by molar-refractivity contribution is -0.185. The van der Waals surface area contributed by atoms with E-state index in [1.807, 2.05) is 36.4 Å². The Bertz CT molecular complexity index is 1420. The van der Waals surface area contributed by atoms with Crippen LogP contribution in [0.1, 0.15) is 67.6 Å². The van der Waals surface area contributed by atoms with Crippen molar-refractivity contribution in [3.05, 3.63) is 59.2 Å². The van der Waals surface area contributed by atoms with Crippen LogP contribution >= 0.6 is 0 Å². The summed E-state index contributed by atoms with van der Waals surface area (Å²) in [7, 11) is 5.86. The van der Waals surface area contributed by atoms with E-state index in [-0.39, 0.29) is 30.5 Å². The SMILES string of the molecule is CN1[C@@H]2CC[C@H]1CC(OC(=O)C(CO)c1ccccc1)C2.COc1ccc2c3c1O[C@H]1C(=O)CC[C@@]4(O)[C@@H](C2)N(C)CC[C@]314. The number of carbonyl (C=O) groups is 2. The van der Waals surface area contributed by atoms with Crippen molar-refractivity contribution in [1.29, 1.82) is 0 Å². The molecular weight excluding hydrogens is 560 g/mol. The molecule has 1 saturated carbocycles. The molecule has 8 rings (SSSR count). The number of fused-ring (bicyclic) bond motifs is 2. The highest BCUT2D eigenvalue weighted by molar-refractivity contribution is 5.90. The average molecular weight is 605 g/mol. The number of Topliss-reactive ketones (excluding diaryl/α,β-unsaturated/α-hetero) is 1. The molecule has 2 aliphatic carbocycles. The highest BCUT2D eigenvalue weighted by atomic mass is 16.5. The van der Waals surface area contributed by atoms with Crippen molar-refractivity contribution in [1.82, 2.24) is 9.80 Å². The number of piperidine rings is 2. The van der Waals surface area contributed by atoms with Crippen LogP contribution in [0.15, 0.2) is 42.5 Å². The van der Waals surface area contributed by atoms with Crippen molar-refractivity contribution in [2.45, 2.75) is 98.6 Å². The first kappa shape index (κ1) is 29.7. The summed E-state index contributed by atoms with van der Waals surface area (Å²) in [6, 6.07) is 14.5. The largest absolute Gasteiger partial charge is 0.493 e. The number of hydrogen-bond acceptors (Lipinski definition) is 9. The number of aliphatic hydroxyl groups is 2. The van der Waals surface area contributed by atoms with Gasteiger partial charge in [0.15, 0.2) is 23.4 Å². The Morgan fingerprint density at radius 1 is 1.09 bits per heavy atom. The van der Waals surface area contributed by atoms with Gasteiger partial charge in [0.05, 0.1) is 24.7 Å². The van der Waals surface area contributed by atoms with Crippen LogP contribution in [0.25, 0.3) is 0 Å². The molecule has 0 radical (unpaired) electrons. The third-order valence-electron chi connectivity index (χ3n) is 11.7. The van der Waals surface area contributed by atoms with Gasteiger partial charge < -0.3 is 34.2 Å². The van der Waals surface area contributed by atoms with E-state index in [1.165, 1.54) is 18.4 Å². The molecule has 236 valence electrons. The maximum Gasteiger partial charge on any atom is 0.316 e. The van der Waals surface area contributed by atoms with Crippen molar-refractivity contribution >= 4 is 11.8 Å². The fourth-order valence-electron chi connectivity index (χ4n) is 9.39. The Morgan fingerprint density at radius 2 is 1.82 bits per heavy atom. The Kier molecular flexibility index (Phi) is 7.51. The zero-order chi connectivity index (χ0) is 30.8. The molecule has 0 amide bonds. The van der Waals surface area contributed by atoms with Crippen molar-refractivity contribution in [2.24, 2.45) is 0 Å². The van der Waals surface area contributed by atoms with Gasteiger partial charge in [-0.1, -0.05) is 36.4 Å². The number of nitrogens with zero attached hydrogens (tertiary/aromatic N) is 2. The van der Waals surface area contributed by atoms with E-state index >= 15 is 0 Å². The van der Waals surface area contributed by atoms with E-state index < -0.39 is 23.0 Å². The monoisotopic (exact) mass is 604 g/mol. The number of aliphatic hydroxyl groups excluding tert-OH is 1. The van der Waals surface area contributed by atoms with Gasteiger partial charge >= 0.3 is 5.97 Å². The molecule has 2 aromatic rings. The predicted octanol–water partition coefficient (Wildman–Crippen LogP) is 2.98. The molecule has 6 aliphatic rings. The summed E-state index contributed by atoms with van der Waals surface area (Å²) in [5, 5.41) is 21.3. The second-order valence-electron chi connectivity index (χ2n) is 13.7. The fraction of sp³-hybridized carbons (Fsp3) is 0.600. The first-order chi connectivity index (χ1) is 21.2. The first-order valence-electron chi connectivity index (χ1n) is 16.1. The summed E-state index contributed by atoms with van der Waals surface area (Å²) in [5.74, 6) is 0.608. The number of esters is 1. The summed E-state index contributed by atoms with van der Waals surface area (Å²) >= 11 is 0. The van der Waals surface area contributed by atoms with Gasteiger partial charge in [-0.05, 0) is 82.8 Å². The molecule has 4 aliphatic heterocycles. The van der Waals surface area contributed by atoms with Gasteiger partial charge in [0.2, 0.25) is 0 Å². The van der Waals surface area contributed by atoms with E-state index in [9.17, 15) is 19.8 Å². The molecule has 9 nitrogen and oxygen atoms in total. The minimum Gasteiger partial charge on any atom is -0.493 e. The van der Waals surface area contributed by atoms with Gasteiger partial charge in [0, 0.05) is 30.1 Å². The van der Waals surface area contributed by atoms with Crippen LogP contribution in [0, 0.1) is 0 Å². The third-order valence-corrected chi connectivity index (χ3v) is 11.7. The summed E-state index contributed by atoms with van der Waals surface area (Å²) < 4.78 is 17.3. The first-order valence-corrected chi connectivity index (χ1v) is 16.1. The number of ether oxygens (including phenoxy) is 3. The number of likely N-dealkylation sites (tertiary alicyclic amines) is 1. The maximum absolute atomic E-state index is 12.7. The van der Waals surface area contributed by atoms with Crippen LogP contribution in [-0.2, 0) is 26.2 Å². The molecule has 2 unspecified atom stereocenters. The summed E-state index contributed by atoms with van der Waals surface area (Å²) in [6.45, 7) is 0.665. The van der Waals surface area contributed by atoms with Gasteiger partial charge in [-0.15, -0.1) is 0 Å². The highest BCUT2D eigenvalue weighted by Crippen LogP contribution is 2.64. The molecule has 2 N–H and O–H groups in total. The second kappa shape index (κ2) is 11.1. The van der Waals surface area contributed by atoms with Crippen molar-refractivity contribution in [3.8, 4) is 11.5 Å². The normalized spacial score (nSPS) is 35.6. The lowest BCUT2D eigenvalue weighted by atomic mass is 9.49. The molecule has 4 heterocycles. The number of likely N-dealkylation sites (N-methyl/N-ethyl adjacent to an activating group) is 1. The highest BCUT2D eigenvalue weighted by Gasteiger charge is 2.72. The van der Waals surface area contributed by atoms with E-state index in [4.69, 9.17) is 14.2 Å². The minimum absolute atomic E-state index is 0.00367. The zero-order valence-corrected chi connectivity index (χ0v) is 25.9. The number of methoxy groups -OCH3 is 1. The smallest absolute Gasteiger partial charge is 0.316 e. The number of ketones is 1. The quantitative estimate of drug-likeness (QED) is 0.498. The van der Waals surface area contributed by atoms with Gasteiger partial charge in [-0.3, -0.25) is 9.59 Å². The molecular formula is C35H44N2O7. The zero-order valence-electron chi connectivity index (χ0n) is 25.9. The molecule has 0 aromatic heterocycles. The Morgan fingerprint density at radius 3 is 2.50 bits per heavy atom. The molecule has 4 bridgehead atoms. The number of rotatable bonds is 5. The van der Waals surface area contributed by atoms with Crippen LogP contribution in [0.3, 0.4) is 0 Å². The Labute approximate surface area is 259 Å². The van der Waals surface area contributed by atoms with Gasteiger partial charge in [-0.2, -0.15) is 0 Å². The van der Waals surface area contributed by atoms with Crippen LogP contribution in [-0.4, -0.2) is 102 Å². The molecule has 8 atom stereocenters. The summed E-state index contributed by atoms with van der Waals surface area (Å²) in [6.07, 6.45) is 6.15. The molecule has 3 saturated heterocycles. The third kappa shape index (κ3) is 4.34.